The van der Waals surface area contributed by atoms with Gasteiger partial charge in [0.05, 0.1) is 24.4 Å². The maximum absolute atomic E-state index is 6.32. The van der Waals surface area contributed by atoms with Crippen LogP contribution in [0.4, 0.5) is 0 Å². The van der Waals surface area contributed by atoms with E-state index >= 15 is 0 Å². The Morgan fingerprint density at radius 2 is 1.58 bits per heavy atom. The molecule has 2 saturated heterocycles. The predicted octanol–water partition coefficient (Wildman–Crippen LogP) is 4.59. The van der Waals surface area contributed by atoms with Crippen LogP contribution in [0.5, 0.6) is 0 Å². The molecule has 0 radical (unpaired) electrons. The molecule has 2 aliphatic heterocycles. The number of ether oxygens (including phenoxy) is 2. The molecule has 2 saturated carbocycles. The minimum absolute atomic E-state index is 0.171. The third-order valence-electron chi connectivity index (χ3n) is 10.1. The van der Waals surface area contributed by atoms with E-state index in [-0.39, 0.29) is 29.5 Å². The van der Waals surface area contributed by atoms with E-state index in [1.807, 2.05) is 0 Å². The van der Waals surface area contributed by atoms with Crippen LogP contribution in [0.25, 0.3) is 0 Å². The van der Waals surface area contributed by atoms with Crippen LogP contribution < -0.4 is 5.46 Å². The molecule has 3 aliphatic carbocycles. The summed E-state index contributed by atoms with van der Waals surface area (Å²) in [5.41, 5.74) is 3.84. The molecule has 6 rings (SSSR count). The van der Waals surface area contributed by atoms with Crippen molar-refractivity contribution in [3.8, 4) is 0 Å². The van der Waals surface area contributed by atoms with Gasteiger partial charge in [0.25, 0.3) is 0 Å². The fourth-order valence-electron chi connectivity index (χ4n) is 7.61. The summed E-state index contributed by atoms with van der Waals surface area (Å²) >= 11 is 0. The largest absolute Gasteiger partial charge is 0.494 e. The Bertz CT molecular complexity index is 873. The van der Waals surface area contributed by atoms with Gasteiger partial charge < -0.3 is 18.8 Å². The number of aryl methyl sites for hydroxylation is 1. The number of rotatable bonds is 1. The maximum atomic E-state index is 6.32. The van der Waals surface area contributed by atoms with Crippen molar-refractivity contribution in [1.82, 2.24) is 0 Å². The molecule has 4 atom stereocenters. The summed E-state index contributed by atoms with van der Waals surface area (Å²) < 4.78 is 25.2. The van der Waals surface area contributed by atoms with Crippen LogP contribution in [-0.4, -0.2) is 37.3 Å². The normalized spacial score (nSPS) is 39.4. The molecule has 0 unspecified atom stereocenters. The molecular weight excluding hydrogens is 387 g/mol. The Kier molecular flexibility index (Phi) is 4.40. The summed E-state index contributed by atoms with van der Waals surface area (Å²) in [5.74, 6) is 1.83. The summed E-state index contributed by atoms with van der Waals surface area (Å²) in [7, 11) is -0.269. The standard InChI is InChI=1S/C26H37BO4/c1-23(2)24(3,4)31-27(30-23)18-7-9-19-17(16-18)6-8-21-20(19)10-12-25(5)22(21)11-13-26(25)28-14-15-29-26/h7,9,16,20-22H,6,8,10-15H2,1-5H3/t20-,21-,22+,25+/m1/s1. The highest BCUT2D eigenvalue weighted by molar-refractivity contribution is 6.62. The van der Waals surface area contributed by atoms with E-state index in [1.165, 1.54) is 36.7 Å². The Hall–Kier alpha value is -0.875. The van der Waals surface area contributed by atoms with Gasteiger partial charge in [0, 0.05) is 11.8 Å². The maximum Gasteiger partial charge on any atom is 0.494 e. The Labute approximate surface area is 187 Å². The quantitative estimate of drug-likeness (QED) is 0.619. The van der Waals surface area contributed by atoms with Crippen LogP contribution in [0.2, 0.25) is 0 Å². The molecule has 0 amide bonds. The molecule has 1 spiro atoms. The fraction of sp³-hybridized carbons (Fsp3) is 0.769. The van der Waals surface area contributed by atoms with Crippen molar-refractivity contribution in [2.24, 2.45) is 17.3 Å². The molecule has 0 bridgehead atoms. The average Bonchev–Trinajstić information content (AvgIpc) is 3.38. The lowest BCUT2D eigenvalue weighted by Crippen LogP contribution is -2.51. The first kappa shape index (κ1) is 20.7. The van der Waals surface area contributed by atoms with Crippen molar-refractivity contribution in [1.29, 1.82) is 0 Å². The summed E-state index contributed by atoms with van der Waals surface area (Å²) in [6.45, 7) is 12.5. The van der Waals surface area contributed by atoms with E-state index in [0.29, 0.717) is 11.8 Å². The van der Waals surface area contributed by atoms with Gasteiger partial charge in [0.1, 0.15) is 0 Å². The second-order valence-electron chi connectivity index (χ2n) is 11.9. The van der Waals surface area contributed by atoms with Crippen LogP contribution in [0.3, 0.4) is 0 Å². The van der Waals surface area contributed by atoms with Crippen molar-refractivity contribution in [2.45, 2.75) is 96.1 Å². The van der Waals surface area contributed by atoms with Crippen LogP contribution in [0, 0.1) is 17.3 Å². The second-order valence-corrected chi connectivity index (χ2v) is 11.9. The summed E-state index contributed by atoms with van der Waals surface area (Å²) in [6.07, 6.45) is 7.21. The van der Waals surface area contributed by atoms with E-state index in [2.05, 4.69) is 52.8 Å². The highest BCUT2D eigenvalue weighted by Crippen LogP contribution is 2.66. The zero-order valence-electron chi connectivity index (χ0n) is 19.8. The van der Waals surface area contributed by atoms with Crippen molar-refractivity contribution >= 4 is 12.6 Å². The second kappa shape index (κ2) is 6.59. The van der Waals surface area contributed by atoms with Crippen LogP contribution >= 0.6 is 0 Å². The van der Waals surface area contributed by atoms with Crippen LogP contribution in [0.15, 0.2) is 18.2 Å². The Morgan fingerprint density at radius 3 is 2.29 bits per heavy atom. The van der Waals surface area contributed by atoms with Crippen molar-refractivity contribution in [3.05, 3.63) is 29.3 Å². The molecule has 1 aromatic carbocycles. The van der Waals surface area contributed by atoms with Crippen molar-refractivity contribution < 1.29 is 18.8 Å². The first-order chi connectivity index (χ1) is 14.7. The molecule has 4 nitrogen and oxygen atoms in total. The molecular formula is C26H37BO4. The third-order valence-corrected chi connectivity index (χ3v) is 10.1. The minimum atomic E-state index is -0.302. The van der Waals surface area contributed by atoms with Gasteiger partial charge in [-0.3, -0.25) is 0 Å². The number of hydrogen-bond acceptors (Lipinski definition) is 4. The van der Waals surface area contributed by atoms with Gasteiger partial charge in [-0.2, -0.15) is 0 Å². The van der Waals surface area contributed by atoms with E-state index in [4.69, 9.17) is 18.8 Å². The van der Waals surface area contributed by atoms with Crippen LogP contribution in [-0.2, 0) is 25.2 Å². The first-order valence-electron chi connectivity index (χ1n) is 12.4. The van der Waals surface area contributed by atoms with E-state index in [1.54, 1.807) is 5.56 Å². The van der Waals surface area contributed by atoms with Gasteiger partial charge in [-0.1, -0.05) is 25.1 Å². The molecule has 0 N–H and O–H groups in total. The predicted molar refractivity (Wildman–Crippen MR) is 121 cm³/mol. The summed E-state index contributed by atoms with van der Waals surface area (Å²) in [4.78, 5) is 0. The first-order valence-corrected chi connectivity index (χ1v) is 12.4. The average molecular weight is 424 g/mol. The zero-order chi connectivity index (χ0) is 21.6. The lowest BCUT2D eigenvalue weighted by atomic mass is 9.54. The minimum Gasteiger partial charge on any atom is -0.399 e. The molecule has 1 aromatic rings. The Balaban J connectivity index is 1.27. The van der Waals surface area contributed by atoms with Gasteiger partial charge in [0.15, 0.2) is 5.79 Å². The van der Waals surface area contributed by atoms with E-state index in [0.717, 1.165) is 32.0 Å². The fourth-order valence-corrected chi connectivity index (χ4v) is 7.61. The van der Waals surface area contributed by atoms with Gasteiger partial charge in [0.2, 0.25) is 0 Å². The van der Waals surface area contributed by atoms with Gasteiger partial charge in [-0.25, -0.2) is 0 Å². The number of benzene rings is 1. The van der Waals surface area contributed by atoms with E-state index < -0.39 is 0 Å². The number of hydrogen-bond donors (Lipinski definition) is 0. The molecule has 4 fully saturated rings. The lowest BCUT2D eigenvalue weighted by Gasteiger charge is -2.52. The summed E-state index contributed by atoms with van der Waals surface area (Å²) in [6, 6.07) is 7.03. The molecule has 31 heavy (non-hydrogen) atoms. The van der Waals surface area contributed by atoms with Crippen LogP contribution in [0.1, 0.15) is 83.8 Å². The van der Waals surface area contributed by atoms with Gasteiger partial charge in [-0.05, 0) is 94.1 Å². The highest BCUT2D eigenvalue weighted by Gasteiger charge is 2.65. The summed E-state index contributed by atoms with van der Waals surface area (Å²) in [5, 5.41) is 0. The Morgan fingerprint density at radius 1 is 0.871 bits per heavy atom. The third kappa shape index (κ3) is 2.76. The molecule has 2 heterocycles. The van der Waals surface area contributed by atoms with Gasteiger partial charge in [-0.15, -0.1) is 0 Å². The number of fused-ring (bicyclic) bond motifs is 6. The van der Waals surface area contributed by atoms with Gasteiger partial charge >= 0.3 is 7.12 Å². The van der Waals surface area contributed by atoms with Crippen molar-refractivity contribution in [2.75, 3.05) is 13.2 Å². The topological polar surface area (TPSA) is 36.9 Å². The zero-order valence-corrected chi connectivity index (χ0v) is 19.8. The van der Waals surface area contributed by atoms with Crippen molar-refractivity contribution in [3.63, 3.8) is 0 Å². The van der Waals surface area contributed by atoms with E-state index in [9.17, 15) is 0 Å². The molecule has 5 heteroatoms. The lowest BCUT2D eigenvalue weighted by molar-refractivity contribution is -0.237. The molecule has 0 aromatic heterocycles. The SMILES string of the molecule is CC1(C)OB(c2ccc3c(c2)CC[C@@H]2[C@@H]3CC[C@@]3(C)[C@H]2CCC32OCCO2)OC1(C)C. The smallest absolute Gasteiger partial charge is 0.399 e. The molecule has 168 valence electrons. The highest BCUT2D eigenvalue weighted by atomic mass is 16.7. The monoisotopic (exact) mass is 424 g/mol. The molecule has 5 aliphatic rings.